The third-order valence-corrected chi connectivity index (χ3v) is 5.58. The number of halogens is 3. The van der Waals surface area contributed by atoms with Crippen molar-refractivity contribution >= 4 is 23.2 Å². The number of nitrogens with one attached hydrogen (secondary N) is 2. The van der Waals surface area contributed by atoms with Crippen LogP contribution in [0, 0.1) is 0 Å². The van der Waals surface area contributed by atoms with Crippen LogP contribution in [0.4, 0.5) is 24.5 Å². The van der Waals surface area contributed by atoms with Crippen LogP contribution < -0.4 is 15.4 Å². The minimum Gasteiger partial charge on any atom is -0.404 e. The summed E-state index contributed by atoms with van der Waals surface area (Å²) in [5.74, 6) is -1.80. The summed E-state index contributed by atoms with van der Waals surface area (Å²) in [5, 5.41) is 5.09. The number of carbonyl (C=O) groups is 2. The van der Waals surface area contributed by atoms with Crippen molar-refractivity contribution in [1.29, 1.82) is 0 Å². The van der Waals surface area contributed by atoms with Gasteiger partial charge in [-0.05, 0) is 37.3 Å². The molecule has 13 heteroatoms. The van der Waals surface area contributed by atoms with Gasteiger partial charge in [0.05, 0.1) is 42.5 Å². The fraction of sp³-hybridized carbons (Fsp3) is 0.292. The number of amides is 2. The molecule has 37 heavy (non-hydrogen) atoms. The number of morpholine rings is 1. The lowest BCUT2D eigenvalue weighted by Gasteiger charge is -2.31. The Labute approximate surface area is 209 Å². The minimum absolute atomic E-state index is 0.00406. The minimum atomic E-state index is -4.99. The summed E-state index contributed by atoms with van der Waals surface area (Å²) >= 11 is 0. The average Bonchev–Trinajstić information content (AvgIpc) is 2.90. The van der Waals surface area contributed by atoms with Crippen LogP contribution in [0.1, 0.15) is 17.3 Å². The Hall–Kier alpha value is -4.10. The monoisotopic (exact) mass is 516 g/mol. The molecule has 1 saturated heterocycles. The Kier molecular flexibility index (Phi) is 7.94. The normalized spacial score (nSPS) is 15.0. The zero-order chi connectivity index (χ0) is 26.4. The highest BCUT2D eigenvalue weighted by Gasteiger charge is 2.33. The zero-order valence-corrected chi connectivity index (χ0v) is 19.7. The van der Waals surface area contributed by atoms with Crippen LogP contribution in [-0.4, -0.2) is 70.4 Å². The standard InChI is InChI=1S/C24H23F3N6O4/c1-15(33-6-8-36-9-7-33)22(34)32-20-10-16(2-5-21(20)37-24(25,26)27)23(35)31-18-3-4-19(30-13-18)17-11-28-14-29-12-17/h2-5,10-15H,6-9H2,1H3,(H,31,35)(H,32,34). The van der Waals surface area contributed by atoms with Gasteiger partial charge in [0.25, 0.3) is 5.91 Å². The Morgan fingerprint density at radius 2 is 1.78 bits per heavy atom. The maximum Gasteiger partial charge on any atom is 0.573 e. The van der Waals surface area contributed by atoms with Gasteiger partial charge in [-0.25, -0.2) is 9.97 Å². The second kappa shape index (κ2) is 11.3. The molecule has 10 nitrogen and oxygen atoms in total. The molecule has 1 aliphatic heterocycles. The van der Waals surface area contributed by atoms with Crippen molar-refractivity contribution in [1.82, 2.24) is 19.9 Å². The fourth-order valence-corrected chi connectivity index (χ4v) is 3.62. The van der Waals surface area contributed by atoms with E-state index in [1.54, 1.807) is 31.5 Å². The number of rotatable bonds is 7. The van der Waals surface area contributed by atoms with Crippen LogP contribution in [0.15, 0.2) is 55.2 Å². The Balaban J connectivity index is 1.51. The van der Waals surface area contributed by atoms with Gasteiger partial charge in [-0.2, -0.15) is 0 Å². The van der Waals surface area contributed by atoms with Gasteiger partial charge in [0, 0.05) is 36.6 Å². The Bertz CT molecular complexity index is 1240. The van der Waals surface area contributed by atoms with E-state index in [1.165, 1.54) is 18.6 Å². The molecule has 1 atom stereocenters. The number of nitrogens with zero attached hydrogens (tertiary/aromatic N) is 4. The highest BCUT2D eigenvalue weighted by Crippen LogP contribution is 2.32. The van der Waals surface area contributed by atoms with Crippen molar-refractivity contribution in [2.24, 2.45) is 0 Å². The molecule has 0 radical (unpaired) electrons. The van der Waals surface area contributed by atoms with E-state index >= 15 is 0 Å². The number of anilines is 2. The van der Waals surface area contributed by atoms with Gasteiger partial charge in [0.15, 0.2) is 5.75 Å². The van der Waals surface area contributed by atoms with E-state index in [0.717, 1.165) is 12.1 Å². The molecule has 0 spiro atoms. The maximum atomic E-state index is 13.0. The largest absolute Gasteiger partial charge is 0.573 e. The smallest absolute Gasteiger partial charge is 0.404 e. The zero-order valence-electron chi connectivity index (χ0n) is 19.7. The summed E-state index contributed by atoms with van der Waals surface area (Å²) in [4.78, 5) is 39.6. The summed E-state index contributed by atoms with van der Waals surface area (Å²) < 4.78 is 48.2. The molecule has 1 aliphatic rings. The second-order valence-electron chi connectivity index (χ2n) is 8.09. The molecule has 3 heterocycles. The number of carbonyl (C=O) groups excluding carboxylic acids is 2. The first-order valence-electron chi connectivity index (χ1n) is 11.2. The highest BCUT2D eigenvalue weighted by atomic mass is 19.4. The lowest BCUT2D eigenvalue weighted by molar-refractivity contribution is -0.274. The van der Waals surface area contributed by atoms with Crippen LogP contribution >= 0.6 is 0 Å². The summed E-state index contributed by atoms with van der Waals surface area (Å²) in [5.41, 5.74) is 1.35. The molecule has 2 aromatic heterocycles. The molecule has 0 saturated carbocycles. The molecule has 2 N–H and O–H groups in total. The molecule has 1 unspecified atom stereocenters. The lowest BCUT2D eigenvalue weighted by Crippen LogP contribution is -2.47. The van der Waals surface area contributed by atoms with Crippen LogP contribution in [-0.2, 0) is 9.53 Å². The molecule has 1 aromatic carbocycles. The first-order chi connectivity index (χ1) is 17.7. The summed E-state index contributed by atoms with van der Waals surface area (Å²) in [6.07, 6.45) is 1.01. The maximum absolute atomic E-state index is 13.0. The number of aromatic nitrogens is 3. The predicted molar refractivity (Wildman–Crippen MR) is 127 cm³/mol. The predicted octanol–water partition coefficient (Wildman–Crippen LogP) is 3.35. The number of ether oxygens (including phenoxy) is 2. The van der Waals surface area contributed by atoms with Crippen LogP contribution in [0.2, 0.25) is 0 Å². The number of hydrogen-bond acceptors (Lipinski definition) is 8. The van der Waals surface area contributed by atoms with E-state index in [4.69, 9.17) is 4.74 Å². The summed E-state index contributed by atoms with van der Waals surface area (Å²) in [7, 11) is 0. The average molecular weight is 516 g/mol. The van der Waals surface area contributed by atoms with Crippen LogP contribution in [0.5, 0.6) is 5.75 Å². The van der Waals surface area contributed by atoms with Crippen LogP contribution in [0.3, 0.4) is 0 Å². The van der Waals surface area contributed by atoms with E-state index < -0.39 is 30.0 Å². The number of hydrogen-bond donors (Lipinski definition) is 2. The van der Waals surface area contributed by atoms with Gasteiger partial charge in [-0.3, -0.25) is 19.5 Å². The molecule has 0 bridgehead atoms. The number of alkyl halides is 3. The first kappa shape index (κ1) is 26.0. The topological polar surface area (TPSA) is 119 Å². The number of benzene rings is 1. The molecule has 2 amide bonds. The molecule has 194 valence electrons. The van der Waals surface area contributed by atoms with Gasteiger partial charge in [0.2, 0.25) is 5.91 Å². The molecular weight excluding hydrogens is 493 g/mol. The van der Waals surface area contributed by atoms with Crippen molar-refractivity contribution < 1.29 is 32.2 Å². The lowest BCUT2D eigenvalue weighted by atomic mass is 10.1. The van der Waals surface area contributed by atoms with Crippen molar-refractivity contribution in [3.05, 3.63) is 60.8 Å². The summed E-state index contributed by atoms with van der Waals surface area (Å²) in [6, 6.07) is 5.91. The van der Waals surface area contributed by atoms with E-state index in [2.05, 4.69) is 30.3 Å². The van der Waals surface area contributed by atoms with Crippen molar-refractivity contribution in [3.63, 3.8) is 0 Å². The van der Waals surface area contributed by atoms with Crippen LogP contribution in [0.25, 0.3) is 11.3 Å². The quantitative estimate of drug-likeness (QED) is 0.491. The van der Waals surface area contributed by atoms with Crippen molar-refractivity contribution in [2.45, 2.75) is 19.3 Å². The SMILES string of the molecule is CC(C(=O)Nc1cc(C(=O)Nc2ccc(-c3cncnc3)nc2)ccc1OC(F)(F)F)N1CCOCC1. The van der Waals surface area contributed by atoms with Gasteiger partial charge in [0.1, 0.15) is 6.33 Å². The second-order valence-corrected chi connectivity index (χ2v) is 8.09. The van der Waals surface area contributed by atoms with E-state index in [9.17, 15) is 22.8 Å². The first-order valence-corrected chi connectivity index (χ1v) is 11.2. The van der Waals surface area contributed by atoms with E-state index in [0.29, 0.717) is 43.2 Å². The van der Waals surface area contributed by atoms with Crippen molar-refractivity contribution in [2.75, 3.05) is 36.9 Å². The Morgan fingerprint density at radius 3 is 2.43 bits per heavy atom. The third kappa shape index (κ3) is 6.98. The van der Waals surface area contributed by atoms with Gasteiger partial charge in [-0.15, -0.1) is 13.2 Å². The van der Waals surface area contributed by atoms with Gasteiger partial charge >= 0.3 is 6.36 Å². The third-order valence-electron chi connectivity index (χ3n) is 5.58. The molecular formula is C24H23F3N6O4. The van der Waals surface area contributed by atoms with Gasteiger partial charge in [-0.1, -0.05) is 0 Å². The highest BCUT2D eigenvalue weighted by molar-refractivity contribution is 6.06. The van der Waals surface area contributed by atoms with E-state index in [1.807, 2.05) is 4.90 Å². The molecule has 4 rings (SSSR count). The summed E-state index contributed by atoms with van der Waals surface area (Å²) in [6.45, 7) is 3.55. The Morgan fingerprint density at radius 1 is 1.05 bits per heavy atom. The molecule has 1 fully saturated rings. The number of pyridine rings is 1. The van der Waals surface area contributed by atoms with Gasteiger partial charge < -0.3 is 20.1 Å². The molecule has 0 aliphatic carbocycles. The fourth-order valence-electron chi connectivity index (χ4n) is 3.62. The molecule has 3 aromatic rings. The van der Waals surface area contributed by atoms with Crippen molar-refractivity contribution in [3.8, 4) is 17.0 Å². The van der Waals surface area contributed by atoms with E-state index in [-0.39, 0.29) is 11.3 Å².